The predicted octanol–water partition coefficient (Wildman–Crippen LogP) is 0.398. The van der Waals surface area contributed by atoms with Crippen LogP contribution in [0.4, 0.5) is 0 Å². The van der Waals surface area contributed by atoms with Gasteiger partial charge in [-0.2, -0.15) is 0 Å². The zero-order chi connectivity index (χ0) is 12.3. The molecular formula is C11H17N3O2S. The summed E-state index contributed by atoms with van der Waals surface area (Å²) in [6.07, 6.45) is 1.83. The number of nitrogens with zero attached hydrogens (tertiary/aromatic N) is 2. The Bertz CT molecular complexity index is 388. The van der Waals surface area contributed by atoms with Gasteiger partial charge in [0.25, 0.3) is 0 Å². The quantitative estimate of drug-likeness (QED) is 0.849. The highest BCUT2D eigenvalue weighted by Crippen LogP contribution is 2.14. The van der Waals surface area contributed by atoms with E-state index < -0.39 is 0 Å². The molecule has 6 heteroatoms. The fraction of sp³-hybridized carbons (Fsp3) is 0.636. The molecule has 1 saturated heterocycles. The van der Waals surface area contributed by atoms with Gasteiger partial charge in [-0.15, -0.1) is 11.3 Å². The Hall–Kier alpha value is -0.980. The minimum Gasteiger partial charge on any atom is -0.378 e. The lowest BCUT2D eigenvalue weighted by Gasteiger charge is -2.27. The van der Waals surface area contributed by atoms with Crippen LogP contribution in [0.25, 0.3) is 0 Å². The van der Waals surface area contributed by atoms with Gasteiger partial charge in [0.2, 0.25) is 5.91 Å². The summed E-state index contributed by atoms with van der Waals surface area (Å²) in [4.78, 5) is 19.1. The number of carbonyl (C=O) groups is 1. The second kappa shape index (κ2) is 5.57. The molecule has 2 heterocycles. The van der Waals surface area contributed by atoms with Crippen molar-refractivity contribution in [3.05, 3.63) is 16.1 Å². The number of hydrogen-bond donors (Lipinski definition) is 1. The molecule has 0 saturated carbocycles. The summed E-state index contributed by atoms with van der Waals surface area (Å²) in [7, 11) is 1.81. The molecule has 0 bridgehead atoms. The van der Waals surface area contributed by atoms with Gasteiger partial charge in [-0.1, -0.05) is 0 Å². The van der Waals surface area contributed by atoms with Gasteiger partial charge < -0.3 is 15.0 Å². The first kappa shape index (κ1) is 12.5. The van der Waals surface area contributed by atoms with E-state index in [0.29, 0.717) is 19.8 Å². The Balaban J connectivity index is 1.90. The summed E-state index contributed by atoms with van der Waals surface area (Å²) < 4.78 is 5.29. The van der Waals surface area contributed by atoms with Crippen LogP contribution in [0, 0.1) is 6.92 Å². The number of carbonyl (C=O) groups excluding carboxylic acids is 1. The Morgan fingerprint density at radius 2 is 2.59 bits per heavy atom. The number of rotatable bonds is 3. The molecule has 0 aliphatic carbocycles. The first-order valence-corrected chi connectivity index (χ1v) is 6.46. The molecule has 1 fully saturated rings. The van der Waals surface area contributed by atoms with Crippen molar-refractivity contribution in [2.45, 2.75) is 19.5 Å². The highest BCUT2D eigenvalue weighted by molar-refractivity contribution is 7.11. The van der Waals surface area contributed by atoms with Crippen LogP contribution < -0.4 is 5.32 Å². The van der Waals surface area contributed by atoms with Gasteiger partial charge in [0, 0.05) is 24.7 Å². The van der Waals surface area contributed by atoms with Crippen molar-refractivity contribution < 1.29 is 9.53 Å². The van der Waals surface area contributed by atoms with Crippen molar-refractivity contribution in [1.82, 2.24) is 15.2 Å². The lowest BCUT2D eigenvalue weighted by Crippen LogP contribution is -2.51. The van der Waals surface area contributed by atoms with E-state index in [9.17, 15) is 4.79 Å². The second-order valence-corrected chi connectivity index (χ2v) is 5.44. The van der Waals surface area contributed by atoms with Gasteiger partial charge in [0.15, 0.2) is 0 Å². The van der Waals surface area contributed by atoms with E-state index in [0.717, 1.165) is 16.4 Å². The molecule has 1 aromatic heterocycles. The van der Waals surface area contributed by atoms with E-state index in [-0.39, 0.29) is 11.9 Å². The molecule has 5 nitrogen and oxygen atoms in total. The van der Waals surface area contributed by atoms with Crippen molar-refractivity contribution >= 4 is 17.2 Å². The summed E-state index contributed by atoms with van der Waals surface area (Å²) in [6, 6.07) is -0.206. The van der Waals surface area contributed by atoms with Crippen LogP contribution in [-0.4, -0.2) is 48.6 Å². The maximum absolute atomic E-state index is 12.1. The molecule has 0 aromatic carbocycles. The van der Waals surface area contributed by atoms with Crippen LogP contribution in [0.1, 0.15) is 9.88 Å². The number of amides is 1. The van der Waals surface area contributed by atoms with E-state index in [1.807, 2.05) is 20.2 Å². The minimum absolute atomic E-state index is 0.0794. The fourth-order valence-corrected chi connectivity index (χ4v) is 2.63. The number of aromatic nitrogens is 1. The first-order valence-electron chi connectivity index (χ1n) is 5.64. The molecule has 1 atom stereocenters. The van der Waals surface area contributed by atoms with E-state index in [4.69, 9.17) is 4.74 Å². The normalized spacial score (nSPS) is 20.2. The monoisotopic (exact) mass is 255 g/mol. The summed E-state index contributed by atoms with van der Waals surface area (Å²) in [6.45, 7) is 4.46. The van der Waals surface area contributed by atoms with Gasteiger partial charge in [-0.3, -0.25) is 4.79 Å². The zero-order valence-electron chi connectivity index (χ0n) is 10.1. The smallest absolute Gasteiger partial charge is 0.242 e. The number of morpholine rings is 1. The SMILES string of the molecule is Cc1ncc(CN(C)C(=O)C2COCCN2)s1. The topological polar surface area (TPSA) is 54.5 Å². The third kappa shape index (κ3) is 3.24. The molecule has 17 heavy (non-hydrogen) atoms. The molecular weight excluding hydrogens is 238 g/mol. The second-order valence-electron chi connectivity index (χ2n) is 4.12. The number of ether oxygens (including phenoxy) is 1. The number of aryl methyl sites for hydroxylation is 1. The van der Waals surface area contributed by atoms with Crippen LogP contribution in [-0.2, 0) is 16.1 Å². The van der Waals surface area contributed by atoms with E-state index >= 15 is 0 Å². The maximum atomic E-state index is 12.1. The Kier molecular flexibility index (Phi) is 4.09. The van der Waals surface area contributed by atoms with Crippen LogP contribution in [0.3, 0.4) is 0 Å². The standard InChI is InChI=1S/C11H17N3O2S/c1-8-13-5-9(17-8)6-14(2)11(15)10-7-16-4-3-12-10/h5,10,12H,3-4,6-7H2,1-2H3. The fourth-order valence-electron chi connectivity index (χ4n) is 1.78. The average Bonchev–Trinajstić information content (AvgIpc) is 2.75. The van der Waals surface area contributed by atoms with E-state index in [1.165, 1.54) is 0 Å². The molecule has 0 radical (unpaired) electrons. The summed E-state index contributed by atoms with van der Waals surface area (Å²) in [5.74, 6) is 0.0794. The van der Waals surface area contributed by atoms with E-state index in [2.05, 4.69) is 10.3 Å². The molecule has 1 unspecified atom stereocenters. The van der Waals surface area contributed by atoms with Crippen molar-refractivity contribution in [2.75, 3.05) is 26.8 Å². The third-order valence-electron chi connectivity index (χ3n) is 2.66. The largest absolute Gasteiger partial charge is 0.378 e. The first-order chi connectivity index (χ1) is 8.16. The number of hydrogen-bond acceptors (Lipinski definition) is 5. The van der Waals surface area contributed by atoms with Gasteiger partial charge in [0.05, 0.1) is 24.8 Å². The lowest BCUT2D eigenvalue weighted by atomic mass is 10.2. The van der Waals surface area contributed by atoms with Crippen molar-refractivity contribution in [3.8, 4) is 0 Å². The van der Waals surface area contributed by atoms with Crippen molar-refractivity contribution in [2.24, 2.45) is 0 Å². The lowest BCUT2D eigenvalue weighted by molar-refractivity contribution is -0.135. The molecule has 1 amide bonds. The predicted molar refractivity (Wildman–Crippen MR) is 65.9 cm³/mol. The van der Waals surface area contributed by atoms with Gasteiger partial charge in [-0.05, 0) is 6.92 Å². The maximum Gasteiger partial charge on any atom is 0.242 e. The van der Waals surface area contributed by atoms with Gasteiger partial charge in [0.1, 0.15) is 6.04 Å². The molecule has 1 aromatic rings. The van der Waals surface area contributed by atoms with Crippen LogP contribution >= 0.6 is 11.3 Å². The summed E-state index contributed by atoms with van der Waals surface area (Å²) in [5, 5.41) is 4.19. The Morgan fingerprint density at radius 1 is 1.76 bits per heavy atom. The molecule has 2 rings (SSSR count). The van der Waals surface area contributed by atoms with Crippen LogP contribution in [0.2, 0.25) is 0 Å². The number of nitrogens with one attached hydrogen (secondary N) is 1. The van der Waals surface area contributed by atoms with Gasteiger partial charge in [-0.25, -0.2) is 4.98 Å². The summed E-state index contributed by atoms with van der Waals surface area (Å²) in [5.41, 5.74) is 0. The van der Waals surface area contributed by atoms with Crippen molar-refractivity contribution in [1.29, 1.82) is 0 Å². The highest BCUT2D eigenvalue weighted by Gasteiger charge is 2.24. The number of thiazole rings is 1. The zero-order valence-corrected chi connectivity index (χ0v) is 10.9. The average molecular weight is 255 g/mol. The molecule has 1 aliphatic rings. The number of likely N-dealkylation sites (N-methyl/N-ethyl adjacent to an activating group) is 1. The van der Waals surface area contributed by atoms with Gasteiger partial charge >= 0.3 is 0 Å². The van der Waals surface area contributed by atoms with E-state index in [1.54, 1.807) is 16.2 Å². The molecule has 1 N–H and O–H groups in total. The Labute approximate surface area is 105 Å². The Morgan fingerprint density at radius 3 is 3.18 bits per heavy atom. The minimum atomic E-state index is -0.206. The molecule has 94 valence electrons. The molecule has 1 aliphatic heterocycles. The van der Waals surface area contributed by atoms with Crippen LogP contribution in [0.15, 0.2) is 6.20 Å². The molecule has 0 spiro atoms. The highest BCUT2D eigenvalue weighted by atomic mass is 32.1. The van der Waals surface area contributed by atoms with Crippen LogP contribution in [0.5, 0.6) is 0 Å². The summed E-state index contributed by atoms with van der Waals surface area (Å²) >= 11 is 1.62. The third-order valence-corrected chi connectivity index (χ3v) is 3.56. The van der Waals surface area contributed by atoms with Crippen molar-refractivity contribution in [3.63, 3.8) is 0 Å².